The average Bonchev–Trinajstić information content (AvgIpc) is 2.83. The number of rotatable bonds is 5. The second-order valence-corrected chi connectivity index (χ2v) is 6.14. The summed E-state index contributed by atoms with van der Waals surface area (Å²) in [5.74, 6) is 1.16. The normalized spacial score (nSPS) is 11.6. The van der Waals surface area contributed by atoms with Crippen LogP contribution >= 0.6 is 0 Å². The fourth-order valence-corrected chi connectivity index (χ4v) is 2.74. The maximum absolute atomic E-state index is 11.6. The fraction of sp³-hybridized carbons (Fsp3) is 0.385. The Balaban J connectivity index is 2.61. The number of ether oxygens (including phenoxy) is 1. The first-order valence-corrected chi connectivity index (χ1v) is 8.04. The number of aryl methyl sites for hydroxylation is 1. The van der Waals surface area contributed by atoms with Crippen LogP contribution in [0.4, 0.5) is 0 Å². The molecule has 0 unspecified atom stereocenters. The Morgan fingerprint density at radius 2 is 2.05 bits per heavy atom. The first-order valence-electron chi connectivity index (χ1n) is 6.49. The maximum Gasteiger partial charge on any atom is 0.273 e. The quantitative estimate of drug-likeness (QED) is 0.897. The summed E-state index contributed by atoms with van der Waals surface area (Å²) >= 11 is 0. The van der Waals surface area contributed by atoms with Crippen molar-refractivity contribution in [3.05, 3.63) is 23.8 Å². The molecule has 114 valence electrons. The summed E-state index contributed by atoms with van der Waals surface area (Å²) < 4.78 is 30.0. The molecule has 0 amide bonds. The highest BCUT2D eigenvalue weighted by atomic mass is 32.2. The van der Waals surface area contributed by atoms with Crippen molar-refractivity contribution in [1.29, 1.82) is 0 Å². The van der Waals surface area contributed by atoms with E-state index in [1.165, 1.54) is 4.57 Å². The van der Waals surface area contributed by atoms with Gasteiger partial charge in [-0.15, -0.1) is 10.2 Å². The molecule has 0 aliphatic rings. The van der Waals surface area contributed by atoms with E-state index in [1.54, 1.807) is 13.2 Å². The highest BCUT2D eigenvalue weighted by molar-refractivity contribution is 7.89. The third-order valence-electron chi connectivity index (χ3n) is 3.08. The molecule has 0 aliphatic heterocycles. The molecule has 0 atom stereocenters. The monoisotopic (exact) mass is 310 g/mol. The Labute approximate surface area is 123 Å². The standard InChI is InChI=1S/C13H18N4O3S/c1-4-7-17-12(15-16-13(17)21(14,18)19)10-6-5-9(2)11(8-10)20-3/h5-6,8H,4,7H2,1-3H3,(H2,14,18,19). The minimum absolute atomic E-state index is 0.223. The first-order chi connectivity index (χ1) is 9.88. The molecule has 1 aromatic carbocycles. The van der Waals surface area contributed by atoms with Crippen molar-refractivity contribution in [2.45, 2.75) is 32.0 Å². The van der Waals surface area contributed by atoms with E-state index in [2.05, 4.69) is 10.2 Å². The molecule has 2 N–H and O–H groups in total. The van der Waals surface area contributed by atoms with Crippen molar-refractivity contribution in [3.63, 3.8) is 0 Å². The number of nitrogens with two attached hydrogens (primary N) is 1. The van der Waals surface area contributed by atoms with E-state index >= 15 is 0 Å². The molecule has 0 spiro atoms. The van der Waals surface area contributed by atoms with E-state index in [-0.39, 0.29) is 5.16 Å². The van der Waals surface area contributed by atoms with Gasteiger partial charge in [-0.3, -0.25) is 4.57 Å². The van der Waals surface area contributed by atoms with Crippen molar-refractivity contribution in [1.82, 2.24) is 14.8 Å². The topological polar surface area (TPSA) is 100 Å². The number of hydrogen-bond donors (Lipinski definition) is 1. The molecule has 0 radical (unpaired) electrons. The van der Waals surface area contributed by atoms with E-state index in [1.807, 2.05) is 26.0 Å². The van der Waals surface area contributed by atoms with Crippen molar-refractivity contribution in [2.75, 3.05) is 7.11 Å². The first kappa shape index (κ1) is 15.5. The number of primary sulfonamides is 1. The lowest BCUT2D eigenvalue weighted by molar-refractivity contribution is 0.412. The molecule has 1 aromatic heterocycles. The summed E-state index contributed by atoms with van der Waals surface area (Å²) in [6.45, 7) is 4.33. The number of hydrogen-bond acceptors (Lipinski definition) is 5. The summed E-state index contributed by atoms with van der Waals surface area (Å²) in [7, 11) is -2.33. The molecule has 0 bridgehead atoms. The lowest BCUT2D eigenvalue weighted by Gasteiger charge is -2.10. The Hall–Kier alpha value is -1.93. The minimum Gasteiger partial charge on any atom is -0.496 e. The van der Waals surface area contributed by atoms with Crippen LogP contribution in [0.25, 0.3) is 11.4 Å². The van der Waals surface area contributed by atoms with Gasteiger partial charge in [0.05, 0.1) is 7.11 Å². The van der Waals surface area contributed by atoms with Crippen LogP contribution in [0.1, 0.15) is 18.9 Å². The number of aromatic nitrogens is 3. The molecule has 0 saturated carbocycles. The third kappa shape index (κ3) is 3.06. The molecule has 2 rings (SSSR count). The Kier molecular flexibility index (Phi) is 4.29. The molecular formula is C13H18N4O3S. The third-order valence-corrected chi connectivity index (χ3v) is 3.90. The van der Waals surface area contributed by atoms with Crippen LogP contribution in [0.2, 0.25) is 0 Å². The van der Waals surface area contributed by atoms with Gasteiger partial charge in [0.2, 0.25) is 0 Å². The zero-order valence-corrected chi connectivity index (χ0v) is 13.0. The van der Waals surface area contributed by atoms with Crippen molar-refractivity contribution in [2.24, 2.45) is 5.14 Å². The summed E-state index contributed by atoms with van der Waals surface area (Å²) in [5.41, 5.74) is 1.71. The zero-order chi connectivity index (χ0) is 15.6. The van der Waals surface area contributed by atoms with Gasteiger partial charge in [0, 0.05) is 12.1 Å². The van der Waals surface area contributed by atoms with Crippen LogP contribution in [0, 0.1) is 6.92 Å². The van der Waals surface area contributed by atoms with Crippen LogP contribution in [0.5, 0.6) is 5.75 Å². The van der Waals surface area contributed by atoms with Crippen LogP contribution in [-0.4, -0.2) is 30.3 Å². The van der Waals surface area contributed by atoms with Gasteiger partial charge >= 0.3 is 0 Å². The molecule has 2 aromatic rings. The molecular weight excluding hydrogens is 292 g/mol. The average molecular weight is 310 g/mol. The molecule has 0 fully saturated rings. The number of nitrogens with zero attached hydrogens (tertiary/aromatic N) is 3. The second-order valence-electron chi connectivity index (χ2n) is 4.69. The van der Waals surface area contributed by atoms with E-state index < -0.39 is 10.0 Å². The van der Waals surface area contributed by atoms with Crippen molar-refractivity contribution in [3.8, 4) is 17.1 Å². The summed E-state index contributed by atoms with van der Waals surface area (Å²) in [4.78, 5) is 0. The van der Waals surface area contributed by atoms with E-state index in [0.29, 0.717) is 18.1 Å². The van der Waals surface area contributed by atoms with Crippen molar-refractivity contribution >= 4 is 10.0 Å². The van der Waals surface area contributed by atoms with Gasteiger partial charge in [-0.05, 0) is 25.0 Å². The number of sulfonamides is 1. The summed E-state index contributed by atoms with van der Waals surface area (Å²) in [5, 5.41) is 12.7. The van der Waals surface area contributed by atoms with E-state index in [4.69, 9.17) is 9.88 Å². The predicted molar refractivity (Wildman–Crippen MR) is 78.4 cm³/mol. The van der Waals surface area contributed by atoms with Crippen molar-refractivity contribution < 1.29 is 13.2 Å². The van der Waals surface area contributed by atoms with Gasteiger partial charge < -0.3 is 4.74 Å². The highest BCUT2D eigenvalue weighted by Gasteiger charge is 2.21. The SMILES string of the molecule is CCCn1c(-c2ccc(C)c(OC)c2)nnc1S(N)(=O)=O. The summed E-state index contributed by atoms with van der Waals surface area (Å²) in [6, 6.07) is 5.54. The molecule has 7 nitrogen and oxygen atoms in total. The zero-order valence-electron chi connectivity index (χ0n) is 12.2. The number of benzene rings is 1. The van der Waals surface area contributed by atoms with Gasteiger partial charge in [0.15, 0.2) is 5.82 Å². The summed E-state index contributed by atoms with van der Waals surface area (Å²) in [6.07, 6.45) is 0.733. The number of methoxy groups -OCH3 is 1. The van der Waals surface area contributed by atoms with E-state index in [0.717, 1.165) is 17.5 Å². The van der Waals surface area contributed by atoms with Gasteiger partial charge in [-0.2, -0.15) is 0 Å². The van der Waals surface area contributed by atoms with Gasteiger partial charge in [0.1, 0.15) is 5.75 Å². The molecule has 1 heterocycles. The lowest BCUT2D eigenvalue weighted by Crippen LogP contribution is -2.19. The molecule has 8 heteroatoms. The minimum atomic E-state index is -3.91. The fourth-order valence-electron chi connectivity index (χ4n) is 2.10. The van der Waals surface area contributed by atoms with Gasteiger partial charge in [-0.1, -0.05) is 19.1 Å². The molecule has 0 saturated heterocycles. The van der Waals surface area contributed by atoms with Crippen LogP contribution in [0.3, 0.4) is 0 Å². The lowest BCUT2D eigenvalue weighted by atomic mass is 10.1. The Bertz CT molecular complexity index is 753. The molecule has 0 aliphatic carbocycles. The molecule has 21 heavy (non-hydrogen) atoms. The smallest absolute Gasteiger partial charge is 0.273 e. The maximum atomic E-state index is 11.6. The van der Waals surface area contributed by atoms with Gasteiger partial charge in [-0.25, -0.2) is 13.6 Å². The van der Waals surface area contributed by atoms with Gasteiger partial charge in [0.25, 0.3) is 15.2 Å². The largest absolute Gasteiger partial charge is 0.496 e. The second kappa shape index (κ2) is 5.82. The Morgan fingerprint density at radius 3 is 2.62 bits per heavy atom. The van der Waals surface area contributed by atoms with Crippen LogP contribution < -0.4 is 9.88 Å². The highest BCUT2D eigenvalue weighted by Crippen LogP contribution is 2.27. The predicted octanol–water partition coefficient (Wildman–Crippen LogP) is 1.32. The van der Waals surface area contributed by atoms with E-state index in [9.17, 15) is 8.42 Å². The Morgan fingerprint density at radius 1 is 1.33 bits per heavy atom. The van der Waals surface area contributed by atoms with Crippen LogP contribution in [0.15, 0.2) is 23.4 Å². The van der Waals surface area contributed by atoms with Crippen LogP contribution in [-0.2, 0) is 16.6 Å².